The monoisotopic (exact) mass is 259 g/mol. The number of rotatable bonds is 5. The lowest BCUT2D eigenvalue weighted by Crippen LogP contribution is -2.36. The summed E-state index contributed by atoms with van der Waals surface area (Å²) in [6, 6.07) is 2.97. The summed E-state index contributed by atoms with van der Waals surface area (Å²) in [4.78, 5) is 13.2. The standard InChI is InChI=1S/C10H14ClN3O3/c1-14(5-7(15)6-17-2)10(16)8-3-4-9(11)13-12-8/h3-4,7,15H,5-6H2,1-2H3. The molecular weight excluding hydrogens is 246 g/mol. The second-order valence-corrected chi connectivity index (χ2v) is 3.92. The molecule has 1 heterocycles. The number of ether oxygens (including phenoxy) is 1. The number of aliphatic hydroxyl groups excluding tert-OH is 1. The van der Waals surface area contributed by atoms with Gasteiger partial charge in [-0.1, -0.05) is 11.6 Å². The fourth-order valence-corrected chi connectivity index (χ4v) is 1.37. The molecule has 7 heteroatoms. The average Bonchev–Trinajstić information content (AvgIpc) is 2.29. The van der Waals surface area contributed by atoms with Crippen molar-refractivity contribution >= 4 is 17.5 Å². The molecule has 0 aliphatic carbocycles. The second-order valence-electron chi connectivity index (χ2n) is 3.54. The highest BCUT2D eigenvalue weighted by molar-refractivity contribution is 6.29. The van der Waals surface area contributed by atoms with Crippen LogP contribution in [0.25, 0.3) is 0 Å². The van der Waals surface area contributed by atoms with Gasteiger partial charge in [0.2, 0.25) is 0 Å². The average molecular weight is 260 g/mol. The lowest BCUT2D eigenvalue weighted by Gasteiger charge is -2.19. The van der Waals surface area contributed by atoms with E-state index in [0.29, 0.717) is 0 Å². The van der Waals surface area contributed by atoms with E-state index in [9.17, 15) is 9.90 Å². The van der Waals surface area contributed by atoms with Gasteiger partial charge in [-0.25, -0.2) is 0 Å². The minimum atomic E-state index is -0.728. The quantitative estimate of drug-likeness (QED) is 0.818. The van der Waals surface area contributed by atoms with Crippen LogP contribution in [-0.2, 0) is 4.74 Å². The minimum absolute atomic E-state index is 0.164. The van der Waals surface area contributed by atoms with Gasteiger partial charge in [-0.05, 0) is 12.1 Å². The van der Waals surface area contributed by atoms with E-state index in [-0.39, 0.29) is 29.9 Å². The van der Waals surface area contributed by atoms with Gasteiger partial charge in [0.25, 0.3) is 5.91 Å². The van der Waals surface area contributed by atoms with Crippen molar-refractivity contribution in [2.45, 2.75) is 6.10 Å². The molecule has 0 saturated carbocycles. The van der Waals surface area contributed by atoms with Gasteiger partial charge in [-0.3, -0.25) is 4.79 Å². The van der Waals surface area contributed by atoms with Crippen LogP contribution in [0.5, 0.6) is 0 Å². The van der Waals surface area contributed by atoms with Crippen LogP contribution in [0.15, 0.2) is 12.1 Å². The summed E-state index contributed by atoms with van der Waals surface area (Å²) in [6.07, 6.45) is -0.728. The zero-order valence-electron chi connectivity index (χ0n) is 9.63. The summed E-state index contributed by atoms with van der Waals surface area (Å²) < 4.78 is 4.77. The maximum absolute atomic E-state index is 11.8. The van der Waals surface area contributed by atoms with E-state index in [1.807, 2.05) is 0 Å². The maximum atomic E-state index is 11.8. The Labute approximate surface area is 104 Å². The topological polar surface area (TPSA) is 75.6 Å². The van der Waals surface area contributed by atoms with Crippen LogP contribution >= 0.6 is 11.6 Å². The lowest BCUT2D eigenvalue weighted by atomic mass is 10.3. The Balaban J connectivity index is 2.60. The number of methoxy groups -OCH3 is 1. The van der Waals surface area contributed by atoms with Crippen molar-refractivity contribution in [3.63, 3.8) is 0 Å². The van der Waals surface area contributed by atoms with Gasteiger partial charge in [0, 0.05) is 20.7 Å². The molecule has 0 fully saturated rings. The van der Waals surface area contributed by atoms with Crippen molar-refractivity contribution in [1.82, 2.24) is 15.1 Å². The fraction of sp³-hybridized carbons (Fsp3) is 0.500. The molecule has 0 bridgehead atoms. The highest BCUT2D eigenvalue weighted by Crippen LogP contribution is 2.04. The van der Waals surface area contributed by atoms with Crippen LogP contribution in [0.4, 0.5) is 0 Å². The Kier molecular flexibility index (Phi) is 5.27. The summed E-state index contributed by atoms with van der Waals surface area (Å²) in [5.74, 6) is -0.329. The first-order valence-corrected chi connectivity index (χ1v) is 5.34. The highest BCUT2D eigenvalue weighted by Gasteiger charge is 2.16. The molecule has 0 aliphatic heterocycles. The summed E-state index contributed by atoms with van der Waals surface area (Å²) in [5, 5.41) is 17.0. The zero-order chi connectivity index (χ0) is 12.8. The first kappa shape index (κ1) is 13.8. The predicted molar refractivity (Wildman–Crippen MR) is 61.9 cm³/mol. The van der Waals surface area contributed by atoms with Gasteiger partial charge in [0.05, 0.1) is 12.7 Å². The van der Waals surface area contributed by atoms with Gasteiger partial charge in [0.15, 0.2) is 10.8 Å². The van der Waals surface area contributed by atoms with Crippen LogP contribution in [0, 0.1) is 0 Å². The first-order chi connectivity index (χ1) is 8.04. The Morgan fingerprint density at radius 2 is 2.29 bits per heavy atom. The van der Waals surface area contributed by atoms with Crippen molar-refractivity contribution < 1.29 is 14.6 Å². The molecule has 1 amide bonds. The number of halogens is 1. The van der Waals surface area contributed by atoms with Crippen molar-refractivity contribution in [2.24, 2.45) is 0 Å². The highest BCUT2D eigenvalue weighted by atomic mass is 35.5. The number of carbonyl (C=O) groups is 1. The van der Waals surface area contributed by atoms with Crippen LogP contribution in [-0.4, -0.2) is 59.5 Å². The third kappa shape index (κ3) is 4.26. The third-order valence-electron chi connectivity index (χ3n) is 2.04. The number of hydrogen-bond acceptors (Lipinski definition) is 5. The first-order valence-electron chi connectivity index (χ1n) is 4.96. The molecule has 1 aromatic rings. The minimum Gasteiger partial charge on any atom is -0.389 e. The van der Waals surface area contributed by atoms with Gasteiger partial charge in [0.1, 0.15) is 0 Å². The molecule has 1 aromatic heterocycles. The molecule has 0 spiro atoms. The van der Waals surface area contributed by atoms with E-state index in [4.69, 9.17) is 16.3 Å². The van der Waals surface area contributed by atoms with Crippen LogP contribution < -0.4 is 0 Å². The zero-order valence-corrected chi connectivity index (χ0v) is 10.4. The fourth-order valence-electron chi connectivity index (χ4n) is 1.27. The Morgan fingerprint density at radius 1 is 1.59 bits per heavy atom. The molecule has 94 valence electrons. The molecule has 0 radical (unpaired) electrons. The number of hydrogen-bond donors (Lipinski definition) is 1. The number of likely N-dealkylation sites (N-methyl/N-ethyl adjacent to an activating group) is 1. The van der Waals surface area contributed by atoms with E-state index in [0.717, 1.165) is 0 Å². The molecule has 6 nitrogen and oxygen atoms in total. The van der Waals surface area contributed by atoms with E-state index >= 15 is 0 Å². The Morgan fingerprint density at radius 3 is 2.82 bits per heavy atom. The molecule has 0 aromatic carbocycles. The van der Waals surface area contributed by atoms with Gasteiger partial charge < -0.3 is 14.7 Å². The smallest absolute Gasteiger partial charge is 0.274 e. The molecule has 1 rings (SSSR count). The molecule has 1 unspecified atom stereocenters. The lowest BCUT2D eigenvalue weighted by molar-refractivity contribution is 0.0377. The van der Waals surface area contributed by atoms with Gasteiger partial charge >= 0.3 is 0 Å². The maximum Gasteiger partial charge on any atom is 0.274 e. The summed E-state index contributed by atoms with van der Waals surface area (Å²) in [7, 11) is 3.05. The van der Waals surface area contributed by atoms with E-state index in [1.165, 1.54) is 24.1 Å². The molecule has 1 N–H and O–H groups in total. The van der Waals surface area contributed by atoms with Gasteiger partial charge in [-0.15, -0.1) is 10.2 Å². The van der Waals surface area contributed by atoms with E-state index in [2.05, 4.69) is 10.2 Å². The molecule has 17 heavy (non-hydrogen) atoms. The number of carbonyl (C=O) groups excluding carboxylic acids is 1. The predicted octanol–water partition coefficient (Wildman–Crippen LogP) is 0.209. The number of nitrogens with zero attached hydrogens (tertiary/aromatic N) is 3. The largest absolute Gasteiger partial charge is 0.389 e. The number of aromatic nitrogens is 2. The molecule has 1 atom stereocenters. The number of amides is 1. The van der Waals surface area contributed by atoms with Crippen LogP contribution in [0.1, 0.15) is 10.5 Å². The Bertz CT molecular complexity index is 372. The summed E-state index contributed by atoms with van der Waals surface area (Å²) in [6.45, 7) is 0.334. The van der Waals surface area contributed by atoms with Crippen molar-refractivity contribution in [2.75, 3.05) is 27.3 Å². The molecular formula is C10H14ClN3O3. The van der Waals surface area contributed by atoms with Crippen LogP contribution in [0.3, 0.4) is 0 Å². The normalized spacial score (nSPS) is 12.2. The van der Waals surface area contributed by atoms with Gasteiger partial charge in [-0.2, -0.15) is 0 Å². The Hall–Kier alpha value is -1.24. The summed E-state index contributed by atoms with van der Waals surface area (Å²) in [5.41, 5.74) is 0.182. The van der Waals surface area contributed by atoms with Crippen molar-refractivity contribution in [3.8, 4) is 0 Å². The molecule has 0 saturated heterocycles. The van der Waals surface area contributed by atoms with E-state index < -0.39 is 6.10 Å². The second kappa shape index (κ2) is 6.48. The SMILES string of the molecule is COCC(O)CN(C)C(=O)c1ccc(Cl)nn1. The van der Waals surface area contributed by atoms with E-state index in [1.54, 1.807) is 7.05 Å². The van der Waals surface area contributed by atoms with Crippen LogP contribution in [0.2, 0.25) is 5.15 Å². The third-order valence-corrected chi connectivity index (χ3v) is 2.24. The molecule has 0 aliphatic rings. The van der Waals surface area contributed by atoms with Crippen molar-refractivity contribution in [1.29, 1.82) is 0 Å². The van der Waals surface area contributed by atoms with Crippen molar-refractivity contribution in [3.05, 3.63) is 23.0 Å². The summed E-state index contributed by atoms with van der Waals surface area (Å²) >= 11 is 5.57. The number of aliphatic hydroxyl groups is 1.